The van der Waals surface area contributed by atoms with Crippen molar-refractivity contribution in [1.29, 1.82) is 0 Å². The summed E-state index contributed by atoms with van der Waals surface area (Å²) in [6.07, 6.45) is 8.83. The van der Waals surface area contributed by atoms with Crippen molar-refractivity contribution in [2.24, 2.45) is 22.2 Å². The number of aryl methyl sites for hydroxylation is 1. The average molecular weight is 364 g/mol. The highest BCUT2D eigenvalue weighted by molar-refractivity contribution is 6.31. The number of aromatic nitrogens is 2. The Balaban J connectivity index is 1.59. The van der Waals surface area contributed by atoms with E-state index in [9.17, 15) is 4.79 Å². The van der Waals surface area contributed by atoms with Gasteiger partial charge in [-0.3, -0.25) is 9.48 Å². The van der Waals surface area contributed by atoms with Crippen molar-refractivity contribution in [2.45, 2.75) is 72.4 Å². The molecule has 0 N–H and O–H groups in total. The van der Waals surface area contributed by atoms with Gasteiger partial charge in [0.2, 0.25) is 5.91 Å². The summed E-state index contributed by atoms with van der Waals surface area (Å²) in [4.78, 5) is 15.5. The van der Waals surface area contributed by atoms with Crippen LogP contribution in [0.5, 0.6) is 0 Å². The Morgan fingerprint density at radius 2 is 1.92 bits per heavy atom. The zero-order valence-electron chi connectivity index (χ0n) is 15.9. The lowest BCUT2D eigenvalue weighted by molar-refractivity contribution is -0.178. The Morgan fingerprint density at radius 1 is 1.28 bits per heavy atom. The van der Waals surface area contributed by atoms with E-state index in [1.54, 1.807) is 6.20 Å². The molecule has 1 amide bonds. The van der Waals surface area contributed by atoms with Gasteiger partial charge < -0.3 is 4.90 Å². The zero-order chi connectivity index (χ0) is 18.0. The standard InChI is InChI=1S/C20H30ClN3O/c1-5-24-16(15(21)9-22-24)10-23(4)17(25)20-8-14-6-18(2,12-20)11-19(3,7-14)13-20/h9,14H,5-8,10-13H2,1-4H3/t14?,18-,19-,20?/m1/s1. The fraction of sp³-hybridized carbons (Fsp3) is 0.800. The molecular formula is C20H30ClN3O. The van der Waals surface area contributed by atoms with Crippen molar-refractivity contribution in [2.75, 3.05) is 7.05 Å². The van der Waals surface area contributed by atoms with Crippen LogP contribution in [0.1, 0.15) is 65.0 Å². The molecule has 0 radical (unpaired) electrons. The summed E-state index contributed by atoms with van der Waals surface area (Å²) in [5.41, 5.74) is 1.50. The maximum absolute atomic E-state index is 13.6. The zero-order valence-corrected chi connectivity index (χ0v) is 16.7. The van der Waals surface area contributed by atoms with Crippen molar-refractivity contribution in [3.05, 3.63) is 16.9 Å². The third-order valence-electron chi connectivity index (χ3n) is 7.01. The molecule has 0 spiro atoms. The summed E-state index contributed by atoms with van der Waals surface area (Å²) in [5.74, 6) is 1.06. The minimum Gasteiger partial charge on any atom is -0.339 e. The molecule has 0 aliphatic heterocycles. The number of rotatable bonds is 4. The Morgan fingerprint density at radius 3 is 2.48 bits per heavy atom. The van der Waals surface area contributed by atoms with Crippen molar-refractivity contribution in [1.82, 2.24) is 14.7 Å². The van der Waals surface area contributed by atoms with Gasteiger partial charge in [0.15, 0.2) is 0 Å². The number of carbonyl (C=O) groups excluding carboxylic acids is 1. The Hall–Kier alpha value is -1.03. The molecule has 5 rings (SSSR count). The van der Waals surface area contributed by atoms with E-state index in [4.69, 9.17) is 11.6 Å². The lowest BCUT2D eigenvalue weighted by Crippen LogP contribution is -2.59. The van der Waals surface area contributed by atoms with E-state index in [1.807, 2.05) is 16.6 Å². The topological polar surface area (TPSA) is 38.1 Å². The first-order valence-electron chi connectivity index (χ1n) is 9.63. The van der Waals surface area contributed by atoms with Gasteiger partial charge >= 0.3 is 0 Å². The average Bonchev–Trinajstić information content (AvgIpc) is 2.83. The molecule has 4 aliphatic carbocycles. The first kappa shape index (κ1) is 17.4. The molecule has 4 nitrogen and oxygen atoms in total. The molecule has 0 saturated heterocycles. The minimum atomic E-state index is -0.152. The lowest BCUT2D eigenvalue weighted by atomic mass is 9.40. The summed E-state index contributed by atoms with van der Waals surface area (Å²) in [6.45, 7) is 8.20. The number of nitrogens with zero attached hydrogens (tertiary/aromatic N) is 3. The number of amides is 1. The van der Waals surface area contributed by atoms with Gasteiger partial charge in [-0.2, -0.15) is 5.10 Å². The van der Waals surface area contributed by atoms with E-state index >= 15 is 0 Å². The number of halogens is 1. The van der Waals surface area contributed by atoms with Gasteiger partial charge in [-0.05, 0) is 62.2 Å². The molecule has 5 heteroatoms. The van der Waals surface area contributed by atoms with Gasteiger partial charge in [0.25, 0.3) is 0 Å². The van der Waals surface area contributed by atoms with Crippen molar-refractivity contribution in [3.63, 3.8) is 0 Å². The second kappa shape index (κ2) is 5.48. The van der Waals surface area contributed by atoms with E-state index in [0.29, 0.717) is 28.3 Å². The maximum Gasteiger partial charge on any atom is 0.228 e. The monoisotopic (exact) mass is 363 g/mol. The van der Waals surface area contributed by atoms with Crippen LogP contribution in [0.25, 0.3) is 0 Å². The summed E-state index contributed by atoms with van der Waals surface area (Å²) in [5, 5.41) is 4.97. The molecule has 1 heterocycles. The van der Waals surface area contributed by atoms with Crippen LogP contribution in [-0.2, 0) is 17.9 Å². The van der Waals surface area contributed by atoms with Crippen molar-refractivity contribution < 1.29 is 4.79 Å². The normalized spacial score (nSPS) is 39.0. The molecule has 25 heavy (non-hydrogen) atoms. The molecule has 2 atom stereocenters. The minimum absolute atomic E-state index is 0.152. The van der Waals surface area contributed by atoms with Gasteiger partial charge in [-0.25, -0.2) is 0 Å². The number of carbonyl (C=O) groups is 1. The number of hydrogen-bond donors (Lipinski definition) is 0. The molecule has 4 fully saturated rings. The van der Waals surface area contributed by atoms with Crippen molar-refractivity contribution in [3.8, 4) is 0 Å². The van der Waals surface area contributed by atoms with Crippen LogP contribution in [0.4, 0.5) is 0 Å². The number of hydrogen-bond acceptors (Lipinski definition) is 2. The molecule has 0 unspecified atom stereocenters. The van der Waals surface area contributed by atoms with E-state index in [2.05, 4.69) is 25.9 Å². The summed E-state index contributed by atoms with van der Waals surface area (Å²) in [6, 6.07) is 0. The summed E-state index contributed by atoms with van der Waals surface area (Å²) < 4.78 is 1.90. The predicted molar refractivity (Wildman–Crippen MR) is 99.2 cm³/mol. The van der Waals surface area contributed by atoms with Crippen LogP contribution in [0, 0.1) is 22.2 Å². The molecule has 4 bridgehead atoms. The molecule has 4 aliphatic rings. The molecule has 4 saturated carbocycles. The van der Waals surface area contributed by atoms with Crippen LogP contribution in [0.3, 0.4) is 0 Å². The summed E-state index contributed by atoms with van der Waals surface area (Å²) >= 11 is 6.31. The molecule has 1 aromatic rings. The van der Waals surface area contributed by atoms with Crippen LogP contribution >= 0.6 is 11.6 Å². The van der Waals surface area contributed by atoms with Crippen molar-refractivity contribution >= 4 is 17.5 Å². The molecule has 1 aromatic heterocycles. The van der Waals surface area contributed by atoms with Crippen LogP contribution < -0.4 is 0 Å². The highest BCUT2D eigenvalue weighted by Gasteiger charge is 2.63. The fourth-order valence-electron chi connectivity index (χ4n) is 7.21. The molecule has 138 valence electrons. The quantitative estimate of drug-likeness (QED) is 0.789. The second-order valence-corrected chi connectivity index (χ2v) is 10.2. The third kappa shape index (κ3) is 2.72. The SMILES string of the molecule is CCn1ncc(Cl)c1CN(C)C(=O)C12CC3C[C@@](C)(C1)C[C@@](C)(C3)C2. The second-order valence-electron chi connectivity index (χ2n) is 9.83. The Kier molecular flexibility index (Phi) is 3.81. The van der Waals surface area contributed by atoms with Crippen LogP contribution in [0.15, 0.2) is 6.20 Å². The van der Waals surface area contributed by atoms with Crippen LogP contribution in [0.2, 0.25) is 5.02 Å². The third-order valence-corrected chi connectivity index (χ3v) is 7.33. The van der Waals surface area contributed by atoms with E-state index in [1.165, 1.54) is 19.3 Å². The van der Waals surface area contributed by atoms with Gasteiger partial charge in [0.05, 0.1) is 28.9 Å². The van der Waals surface area contributed by atoms with Crippen LogP contribution in [-0.4, -0.2) is 27.6 Å². The highest BCUT2D eigenvalue weighted by atomic mass is 35.5. The van der Waals surface area contributed by atoms with E-state index in [0.717, 1.165) is 37.4 Å². The summed E-state index contributed by atoms with van der Waals surface area (Å²) in [7, 11) is 1.94. The lowest BCUT2D eigenvalue weighted by Gasteiger charge is -2.65. The van der Waals surface area contributed by atoms with E-state index < -0.39 is 0 Å². The van der Waals surface area contributed by atoms with Gasteiger partial charge in [-0.15, -0.1) is 0 Å². The van der Waals surface area contributed by atoms with Gasteiger partial charge in [0.1, 0.15) is 0 Å². The Bertz CT molecular complexity index is 694. The van der Waals surface area contributed by atoms with E-state index in [-0.39, 0.29) is 5.41 Å². The predicted octanol–water partition coefficient (Wildman–Crippen LogP) is 4.51. The maximum atomic E-state index is 13.6. The first-order valence-corrected chi connectivity index (χ1v) is 10.0. The Labute approximate surface area is 155 Å². The van der Waals surface area contributed by atoms with Gasteiger partial charge in [0, 0.05) is 13.6 Å². The smallest absolute Gasteiger partial charge is 0.228 e. The highest BCUT2D eigenvalue weighted by Crippen LogP contribution is 2.69. The molecule has 0 aromatic carbocycles. The van der Waals surface area contributed by atoms with Gasteiger partial charge in [-0.1, -0.05) is 25.4 Å². The first-order chi connectivity index (χ1) is 11.7. The molecular weight excluding hydrogens is 334 g/mol. The fourth-order valence-corrected chi connectivity index (χ4v) is 7.41. The largest absolute Gasteiger partial charge is 0.339 e.